The molecule has 3 atom stereocenters. The van der Waals surface area contributed by atoms with Gasteiger partial charge in [0.25, 0.3) is 5.79 Å². The van der Waals surface area contributed by atoms with Crippen LogP contribution < -0.4 is 9.47 Å². The number of para-hydroxylation sites is 1. The molecule has 0 aliphatic carbocycles. The number of benzene rings is 2. The van der Waals surface area contributed by atoms with E-state index in [2.05, 4.69) is 4.90 Å². The molecule has 3 aliphatic heterocycles. The molecule has 2 fully saturated rings. The molecule has 4 heterocycles. The highest BCUT2D eigenvalue weighted by Gasteiger charge is 2.43. The SMILES string of the molecule is Cc1nc(CN2CCC(c3cccc4c3OC(C)(c3ccc(Cl)cc3F)O4)CC2)n(CC2CCO2)c1CC(F)C(=O)O. The van der Waals surface area contributed by atoms with E-state index in [-0.39, 0.29) is 24.0 Å². The average Bonchev–Trinajstić information content (AvgIpc) is 3.42. The lowest BCUT2D eigenvalue weighted by atomic mass is 9.88. The largest absolute Gasteiger partial charge is 0.479 e. The average molecular weight is 602 g/mol. The Kier molecular flexibility index (Phi) is 7.89. The Labute approximate surface area is 248 Å². The van der Waals surface area contributed by atoms with Crippen LogP contribution in [0.2, 0.25) is 5.02 Å². The summed E-state index contributed by atoms with van der Waals surface area (Å²) >= 11 is 5.95. The van der Waals surface area contributed by atoms with Crippen molar-refractivity contribution in [3.63, 3.8) is 0 Å². The molecule has 0 spiro atoms. The first-order chi connectivity index (χ1) is 20.1. The maximum absolute atomic E-state index is 14.8. The third-order valence-electron chi connectivity index (χ3n) is 8.60. The fraction of sp³-hybridized carbons (Fsp3) is 0.484. The Balaban J connectivity index is 1.15. The van der Waals surface area contributed by atoms with Gasteiger partial charge in [-0.25, -0.2) is 18.6 Å². The number of aromatic nitrogens is 2. The molecule has 3 aromatic rings. The number of fused-ring (bicyclic) bond motifs is 1. The summed E-state index contributed by atoms with van der Waals surface area (Å²) in [5.41, 5.74) is 2.58. The summed E-state index contributed by atoms with van der Waals surface area (Å²) in [4.78, 5) is 18.3. The molecule has 0 saturated carbocycles. The first-order valence-electron chi connectivity index (χ1n) is 14.3. The summed E-state index contributed by atoms with van der Waals surface area (Å²) in [7, 11) is 0. The number of aryl methyl sites for hydroxylation is 1. The van der Waals surface area contributed by atoms with E-state index in [1.807, 2.05) is 22.8 Å². The van der Waals surface area contributed by atoms with Gasteiger partial charge in [0, 0.05) is 36.2 Å². The number of carboxylic acids is 1. The summed E-state index contributed by atoms with van der Waals surface area (Å²) in [6.45, 7) is 6.93. The summed E-state index contributed by atoms with van der Waals surface area (Å²) in [6.07, 6.45) is 0.478. The number of imidazole rings is 1. The van der Waals surface area contributed by atoms with Gasteiger partial charge in [-0.2, -0.15) is 0 Å². The quantitative estimate of drug-likeness (QED) is 0.334. The zero-order chi connectivity index (χ0) is 29.6. The van der Waals surface area contributed by atoms with Crippen molar-refractivity contribution < 1.29 is 32.9 Å². The Morgan fingerprint density at radius 2 is 1.98 bits per heavy atom. The number of likely N-dealkylation sites (tertiary alicyclic amines) is 1. The van der Waals surface area contributed by atoms with Gasteiger partial charge in [0.05, 0.1) is 30.5 Å². The smallest absolute Gasteiger partial charge is 0.338 e. The van der Waals surface area contributed by atoms with Gasteiger partial charge in [0.2, 0.25) is 6.17 Å². The second-order valence-corrected chi connectivity index (χ2v) is 11.9. The highest BCUT2D eigenvalue weighted by Crippen LogP contribution is 2.49. The molecule has 0 bridgehead atoms. The summed E-state index contributed by atoms with van der Waals surface area (Å²) in [5, 5.41) is 9.45. The van der Waals surface area contributed by atoms with Crippen molar-refractivity contribution in [2.75, 3.05) is 19.7 Å². The maximum Gasteiger partial charge on any atom is 0.338 e. The molecule has 0 radical (unpaired) electrons. The standard InChI is InChI=1S/C31H34ClF2N3O5/c1-18-26(15-25(34)30(38)39)37(16-21-10-13-40-21)28(35-18)17-36-11-8-19(9-12-36)22-4-3-5-27-29(22)42-31(2,41-27)23-7-6-20(32)14-24(23)33/h3-7,14,19,21,25H,8-13,15-17H2,1-2H3,(H,38,39). The minimum atomic E-state index is -1.98. The lowest BCUT2D eigenvalue weighted by molar-refractivity contribution is -0.142. The van der Waals surface area contributed by atoms with Gasteiger partial charge in [0.1, 0.15) is 11.6 Å². The first-order valence-corrected chi connectivity index (χ1v) is 14.7. The van der Waals surface area contributed by atoms with Crippen LogP contribution in [0.1, 0.15) is 60.4 Å². The lowest BCUT2D eigenvalue weighted by Crippen LogP contribution is -2.36. The van der Waals surface area contributed by atoms with Crippen molar-refractivity contribution in [2.24, 2.45) is 0 Å². The van der Waals surface area contributed by atoms with E-state index in [4.69, 9.17) is 35.9 Å². The van der Waals surface area contributed by atoms with Gasteiger partial charge >= 0.3 is 5.97 Å². The third kappa shape index (κ3) is 5.59. The number of nitrogens with zero attached hydrogens (tertiary/aromatic N) is 3. The molecule has 2 aromatic carbocycles. The Morgan fingerprint density at radius 1 is 1.21 bits per heavy atom. The highest BCUT2D eigenvalue weighted by molar-refractivity contribution is 6.30. The van der Waals surface area contributed by atoms with Crippen molar-refractivity contribution in [1.29, 1.82) is 0 Å². The number of ether oxygens (including phenoxy) is 3. The van der Waals surface area contributed by atoms with Gasteiger partial charge in [0.15, 0.2) is 11.5 Å². The number of piperidine rings is 1. The number of carboxylic acid groups (broad SMARTS) is 1. The predicted molar refractivity (Wildman–Crippen MR) is 151 cm³/mol. The van der Waals surface area contributed by atoms with Gasteiger partial charge < -0.3 is 23.9 Å². The maximum atomic E-state index is 14.8. The zero-order valence-corrected chi connectivity index (χ0v) is 24.4. The predicted octanol–water partition coefficient (Wildman–Crippen LogP) is 5.76. The Bertz CT molecular complexity index is 1490. The van der Waals surface area contributed by atoms with Crippen LogP contribution in [-0.2, 0) is 34.8 Å². The molecule has 0 amide bonds. The van der Waals surface area contributed by atoms with Crippen LogP contribution in [0.3, 0.4) is 0 Å². The van der Waals surface area contributed by atoms with Crippen LogP contribution in [0.5, 0.6) is 11.5 Å². The number of rotatable bonds is 9. The van der Waals surface area contributed by atoms with E-state index >= 15 is 0 Å². The molecule has 1 N–H and O–H groups in total. The van der Waals surface area contributed by atoms with Crippen molar-refractivity contribution in [3.8, 4) is 11.5 Å². The summed E-state index contributed by atoms with van der Waals surface area (Å²) in [5.74, 6) is -1.01. The molecule has 2 saturated heterocycles. The van der Waals surface area contributed by atoms with Crippen LogP contribution in [0, 0.1) is 12.7 Å². The molecule has 8 nitrogen and oxygen atoms in total. The van der Waals surface area contributed by atoms with Crippen LogP contribution in [0.4, 0.5) is 8.78 Å². The molecule has 3 aliphatic rings. The normalized spacial score (nSPS) is 23.1. The summed E-state index contributed by atoms with van der Waals surface area (Å²) < 4.78 is 49.1. The van der Waals surface area contributed by atoms with Gasteiger partial charge in [-0.05, 0) is 69.5 Å². The van der Waals surface area contributed by atoms with Gasteiger partial charge in [-0.15, -0.1) is 0 Å². The number of aliphatic carboxylic acids is 1. The second-order valence-electron chi connectivity index (χ2n) is 11.5. The fourth-order valence-corrected chi connectivity index (χ4v) is 6.35. The third-order valence-corrected chi connectivity index (χ3v) is 8.83. The zero-order valence-electron chi connectivity index (χ0n) is 23.6. The van der Waals surface area contributed by atoms with E-state index in [1.54, 1.807) is 26.0 Å². The van der Waals surface area contributed by atoms with E-state index in [0.717, 1.165) is 43.7 Å². The molecule has 6 rings (SSSR count). The van der Waals surface area contributed by atoms with E-state index < -0.39 is 23.7 Å². The molecule has 11 heteroatoms. The Morgan fingerprint density at radius 3 is 2.64 bits per heavy atom. The van der Waals surface area contributed by atoms with E-state index in [0.29, 0.717) is 47.6 Å². The second kappa shape index (κ2) is 11.5. The molecular weight excluding hydrogens is 568 g/mol. The van der Waals surface area contributed by atoms with Crippen LogP contribution in [0.15, 0.2) is 36.4 Å². The summed E-state index contributed by atoms with van der Waals surface area (Å²) in [6, 6.07) is 10.3. The number of alkyl halides is 1. The van der Waals surface area contributed by atoms with Crippen molar-refractivity contribution in [3.05, 3.63) is 75.6 Å². The molecule has 42 heavy (non-hydrogen) atoms. The van der Waals surface area contributed by atoms with Crippen molar-refractivity contribution >= 4 is 17.6 Å². The molecule has 1 aromatic heterocycles. The number of halogens is 3. The van der Waals surface area contributed by atoms with E-state index in [1.165, 1.54) is 6.07 Å². The fourth-order valence-electron chi connectivity index (χ4n) is 6.19. The molecular formula is C31H34ClF2N3O5. The lowest BCUT2D eigenvalue weighted by Gasteiger charge is -2.33. The van der Waals surface area contributed by atoms with Crippen LogP contribution >= 0.6 is 11.6 Å². The Hall–Kier alpha value is -3.21. The van der Waals surface area contributed by atoms with Gasteiger partial charge in [-0.1, -0.05) is 23.7 Å². The van der Waals surface area contributed by atoms with Crippen molar-refractivity contribution in [1.82, 2.24) is 14.5 Å². The molecule has 3 unspecified atom stereocenters. The highest BCUT2D eigenvalue weighted by atomic mass is 35.5. The number of carbonyl (C=O) groups is 1. The topological polar surface area (TPSA) is 86.0 Å². The molecule has 224 valence electrons. The number of hydrogen-bond acceptors (Lipinski definition) is 6. The monoisotopic (exact) mass is 601 g/mol. The number of hydrogen-bond donors (Lipinski definition) is 1. The van der Waals surface area contributed by atoms with E-state index in [9.17, 15) is 13.6 Å². The minimum absolute atomic E-state index is 0.0270. The first kappa shape index (κ1) is 28.9. The van der Waals surface area contributed by atoms with Crippen LogP contribution in [0.25, 0.3) is 0 Å². The van der Waals surface area contributed by atoms with Crippen molar-refractivity contribution in [2.45, 2.75) is 76.6 Å². The van der Waals surface area contributed by atoms with Crippen LogP contribution in [-0.4, -0.2) is 57.5 Å². The van der Waals surface area contributed by atoms with Gasteiger partial charge in [-0.3, -0.25) is 4.90 Å². The minimum Gasteiger partial charge on any atom is -0.479 e.